The summed E-state index contributed by atoms with van der Waals surface area (Å²) in [5.41, 5.74) is 5.10. The lowest BCUT2D eigenvalue weighted by atomic mass is 9.78. The summed E-state index contributed by atoms with van der Waals surface area (Å²) in [6.45, 7) is 4.06. The molecule has 0 spiro atoms. The van der Waals surface area contributed by atoms with Crippen LogP contribution >= 0.6 is 12.2 Å². The van der Waals surface area contributed by atoms with E-state index >= 15 is 0 Å². The third-order valence-electron chi connectivity index (χ3n) is 3.32. The van der Waals surface area contributed by atoms with Gasteiger partial charge in [0, 0.05) is 13.1 Å². The van der Waals surface area contributed by atoms with E-state index in [1.165, 1.54) is 0 Å². The van der Waals surface area contributed by atoms with Crippen molar-refractivity contribution in [3.63, 3.8) is 0 Å². The maximum Gasteiger partial charge on any atom is 0.238 e. The van der Waals surface area contributed by atoms with Crippen LogP contribution in [0.15, 0.2) is 12.3 Å². The second-order valence-electron chi connectivity index (χ2n) is 4.74. The zero-order chi connectivity index (χ0) is 14.5. The highest BCUT2D eigenvalue weighted by Crippen LogP contribution is 2.32. The molecule has 0 bridgehead atoms. The van der Waals surface area contributed by atoms with Crippen LogP contribution in [-0.4, -0.2) is 20.7 Å². The smallest absolute Gasteiger partial charge is 0.238 e. The van der Waals surface area contributed by atoms with Crippen LogP contribution in [0.25, 0.3) is 0 Å². The number of anilines is 1. The van der Waals surface area contributed by atoms with Crippen molar-refractivity contribution in [3.8, 4) is 0 Å². The maximum absolute atomic E-state index is 12.6. The average Bonchev–Trinajstić information content (AvgIpc) is 2.74. The van der Waals surface area contributed by atoms with Crippen molar-refractivity contribution in [2.45, 2.75) is 39.5 Å². The SMILES string of the molecule is CCCC(CCC)(C(=O)Nc1ccnn1C)C(N)=S. The molecule has 6 heteroatoms. The van der Waals surface area contributed by atoms with Gasteiger partial charge in [-0.15, -0.1) is 0 Å². The van der Waals surface area contributed by atoms with Gasteiger partial charge in [0.1, 0.15) is 5.82 Å². The van der Waals surface area contributed by atoms with Gasteiger partial charge in [0.05, 0.1) is 16.6 Å². The fraction of sp³-hybridized carbons (Fsp3) is 0.615. The molecule has 0 aliphatic rings. The predicted molar refractivity (Wildman–Crippen MR) is 80.9 cm³/mol. The molecule has 0 saturated carbocycles. The van der Waals surface area contributed by atoms with Crippen molar-refractivity contribution in [1.29, 1.82) is 0 Å². The van der Waals surface area contributed by atoms with Crippen LogP contribution in [0.2, 0.25) is 0 Å². The monoisotopic (exact) mass is 282 g/mol. The van der Waals surface area contributed by atoms with E-state index in [0.29, 0.717) is 18.7 Å². The molecule has 1 heterocycles. The topological polar surface area (TPSA) is 72.9 Å². The number of thiocarbonyl (C=S) groups is 1. The van der Waals surface area contributed by atoms with Gasteiger partial charge in [-0.2, -0.15) is 5.10 Å². The number of nitrogens with two attached hydrogens (primary N) is 1. The summed E-state index contributed by atoms with van der Waals surface area (Å²) in [7, 11) is 1.78. The van der Waals surface area contributed by atoms with E-state index in [1.54, 1.807) is 24.0 Å². The van der Waals surface area contributed by atoms with Gasteiger partial charge in [-0.1, -0.05) is 38.9 Å². The molecule has 0 aliphatic heterocycles. The number of nitrogens with zero attached hydrogens (tertiary/aromatic N) is 2. The van der Waals surface area contributed by atoms with Gasteiger partial charge in [-0.3, -0.25) is 9.48 Å². The normalized spacial score (nSPS) is 11.3. The lowest BCUT2D eigenvalue weighted by molar-refractivity contribution is -0.122. The number of hydrogen-bond donors (Lipinski definition) is 2. The number of aromatic nitrogens is 2. The highest BCUT2D eigenvalue weighted by molar-refractivity contribution is 7.80. The van der Waals surface area contributed by atoms with Crippen LogP contribution in [0, 0.1) is 5.41 Å². The van der Waals surface area contributed by atoms with E-state index in [0.717, 1.165) is 12.8 Å². The van der Waals surface area contributed by atoms with Crippen molar-refractivity contribution in [1.82, 2.24) is 9.78 Å². The fourth-order valence-corrected chi connectivity index (χ4v) is 2.59. The average molecular weight is 282 g/mol. The Kier molecular flexibility index (Phi) is 5.47. The van der Waals surface area contributed by atoms with Crippen LogP contribution in [0.4, 0.5) is 5.82 Å². The molecule has 1 amide bonds. The lowest BCUT2D eigenvalue weighted by Crippen LogP contribution is -2.46. The number of rotatable bonds is 7. The Hall–Kier alpha value is -1.43. The van der Waals surface area contributed by atoms with Gasteiger partial charge in [0.15, 0.2) is 0 Å². The van der Waals surface area contributed by atoms with Gasteiger partial charge >= 0.3 is 0 Å². The summed E-state index contributed by atoms with van der Waals surface area (Å²) in [5, 5.41) is 6.90. The number of amides is 1. The van der Waals surface area contributed by atoms with Crippen LogP contribution < -0.4 is 11.1 Å². The molecular weight excluding hydrogens is 260 g/mol. The van der Waals surface area contributed by atoms with Crippen molar-refractivity contribution in [2.75, 3.05) is 5.32 Å². The zero-order valence-electron chi connectivity index (χ0n) is 11.8. The Labute approximate surface area is 119 Å². The van der Waals surface area contributed by atoms with Gasteiger partial charge in [0.25, 0.3) is 0 Å². The Bertz CT molecular complexity index is 449. The van der Waals surface area contributed by atoms with Crippen molar-refractivity contribution < 1.29 is 4.79 Å². The van der Waals surface area contributed by atoms with Crippen molar-refractivity contribution in [3.05, 3.63) is 12.3 Å². The van der Waals surface area contributed by atoms with Crippen molar-refractivity contribution in [2.24, 2.45) is 18.2 Å². The standard InChI is InChI=1S/C13H22N4OS/c1-4-7-13(8-5-2,11(14)19)12(18)16-10-6-9-15-17(10)3/h6,9H,4-5,7-8H2,1-3H3,(H2,14,19)(H,16,18). The molecule has 1 rings (SSSR count). The molecule has 0 saturated heterocycles. The van der Waals surface area contributed by atoms with Gasteiger partial charge in [-0.25, -0.2) is 0 Å². The van der Waals surface area contributed by atoms with E-state index in [4.69, 9.17) is 18.0 Å². The third-order valence-corrected chi connectivity index (χ3v) is 3.71. The van der Waals surface area contributed by atoms with E-state index in [-0.39, 0.29) is 10.9 Å². The molecule has 1 aromatic heterocycles. The summed E-state index contributed by atoms with van der Waals surface area (Å²) in [5.74, 6) is 0.519. The molecule has 106 valence electrons. The molecule has 0 unspecified atom stereocenters. The van der Waals surface area contributed by atoms with E-state index in [2.05, 4.69) is 10.4 Å². The first-order chi connectivity index (χ1) is 8.97. The quantitative estimate of drug-likeness (QED) is 0.752. The van der Waals surface area contributed by atoms with Crippen molar-refractivity contribution >= 4 is 28.9 Å². The molecule has 1 aromatic rings. The molecule has 5 nitrogen and oxygen atoms in total. The second-order valence-corrected chi connectivity index (χ2v) is 5.18. The van der Waals surface area contributed by atoms with Crippen LogP contribution in [0.3, 0.4) is 0 Å². The zero-order valence-corrected chi connectivity index (χ0v) is 12.6. The Morgan fingerprint density at radius 2 is 2.05 bits per heavy atom. The molecule has 0 fully saturated rings. The number of carbonyl (C=O) groups excluding carboxylic acids is 1. The Morgan fingerprint density at radius 1 is 1.47 bits per heavy atom. The summed E-state index contributed by atoms with van der Waals surface area (Å²) < 4.78 is 1.61. The summed E-state index contributed by atoms with van der Waals surface area (Å²) in [6, 6.07) is 1.75. The number of hydrogen-bond acceptors (Lipinski definition) is 3. The number of aryl methyl sites for hydroxylation is 1. The highest BCUT2D eigenvalue weighted by atomic mass is 32.1. The van der Waals surface area contributed by atoms with Crippen LogP contribution in [0.5, 0.6) is 0 Å². The largest absolute Gasteiger partial charge is 0.392 e. The van der Waals surface area contributed by atoms with Crippen LogP contribution in [-0.2, 0) is 11.8 Å². The summed E-state index contributed by atoms with van der Waals surface area (Å²) in [6.07, 6.45) is 4.68. The Balaban J connectivity index is 2.99. The molecule has 0 aromatic carbocycles. The second kappa shape index (κ2) is 6.65. The fourth-order valence-electron chi connectivity index (χ4n) is 2.30. The minimum absolute atomic E-state index is 0.132. The first kappa shape index (κ1) is 15.6. The first-order valence-electron chi connectivity index (χ1n) is 6.57. The lowest BCUT2D eigenvalue weighted by Gasteiger charge is -2.30. The highest BCUT2D eigenvalue weighted by Gasteiger charge is 2.40. The number of nitrogens with one attached hydrogen (secondary N) is 1. The summed E-state index contributed by atoms with van der Waals surface area (Å²) in [4.78, 5) is 12.9. The minimum atomic E-state index is -0.761. The van der Waals surface area contributed by atoms with E-state index < -0.39 is 5.41 Å². The minimum Gasteiger partial charge on any atom is -0.392 e. The third kappa shape index (κ3) is 3.32. The Morgan fingerprint density at radius 3 is 2.42 bits per heavy atom. The van der Waals surface area contributed by atoms with Gasteiger partial charge in [-0.05, 0) is 12.8 Å². The van der Waals surface area contributed by atoms with Crippen LogP contribution in [0.1, 0.15) is 39.5 Å². The number of carbonyl (C=O) groups is 1. The molecule has 0 aliphatic carbocycles. The molecule has 19 heavy (non-hydrogen) atoms. The van der Waals surface area contributed by atoms with E-state index in [1.807, 2.05) is 13.8 Å². The van der Waals surface area contributed by atoms with Gasteiger partial charge in [0.2, 0.25) is 5.91 Å². The van der Waals surface area contributed by atoms with E-state index in [9.17, 15) is 4.79 Å². The molecule has 3 N–H and O–H groups in total. The van der Waals surface area contributed by atoms with Gasteiger partial charge < -0.3 is 11.1 Å². The molecular formula is C13H22N4OS. The molecule has 0 atom stereocenters. The maximum atomic E-state index is 12.6. The molecule has 0 radical (unpaired) electrons. The first-order valence-corrected chi connectivity index (χ1v) is 6.98. The summed E-state index contributed by atoms with van der Waals surface area (Å²) >= 11 is 5.16. The predicted octanol–water partition coefficient (Wildman–Crippen LogP) is 2.23.